The van der Waals surface area contributed by atoms with Gasteiger partial charge in [0.1, 0.15) is 5.82 Å². The molecule has 5 rings (SSSR count). The van der Waals surface area contributed by atoms with Crippen molar-refractivity contribution in [2.24, 2.45) is 0 Å². The number of rotatable bonds is 5. The Morgan fingerprint density at radius 2 is 1.80 bits per heavy atom. The molecule has 2 heterocycles. The Morgan fingerprint density at radius 3 is 2.54 bits per heavy atom. The molecule has 0 saturated heterocycles. The van der Waals surface area contributed by atoms with Crippen molar-refractivity contribution in [3.63, 3.8) is 0 Å². The molecule has 0 saturated carbocycles. The van der Waals surface area contributed by atoms with Crippen LogP contribution in [-0.2, 0) is 0 Å². The summed E-state index contributed by atoms with van der Waals surface area (Å²) >= 11 is 1.60. The highest BCUT2D eigenvalue weighted by Gasteiger charge is 2.36. The molecule has 1 aliphatic rings. The number of anilines is 1. The van der Waals surface area contributed by atoms with Crippen LogP contribution in [0.3, 0.4) is 0 Å². The third-order valence-electron chi connectivity index (χ3n) is 5.93. The molecular weight excluding hydrogens is 463 g/mol. The zero-order valence-electron chi connectivity index (χ0n) is 19.4. The maximum absolute atomic E-state index is 13.7. The van der Waals surface area contributed by atoms with E-state index < -0.39 is 6.04 Å². The van der Waals surface area contributed by atoms with Crippen molar-refractivity contribution in [2.75, 3.05) is 11.2 Å². The summed E-state index contributed by atoms with van der Waals surface area (Å²) in [5.41, 5.74) is 4.65. The summed E-state index contributed by atoms with van der Waals surface area (Å²) < 4.78 is 19.4. The third-order valence-corrected chi connectivity index (χ3v) is 6.66. The van der Waals surface area contributed by atoms with E-state index in [1.165, 1.54) is 12.1 Å². The standard InChI is InChI=1S/C27H23FN4O2S/c1-16-6-4-7-19(14-16)25-30-26(34-31-25)23-17(2)32(21-8-5-9-22(15-21)35-3)27(33)29-24(23)18-10-12-20(28)13-11-18/h4-15,24H,1-3H3,(H,29,33). The average molecular weight is 487 g/mol. The van der Waals surface area contributed by atoms with Crippen LogP contribution >= 0.6 is 11.8 Å². The number of thioether (sulfide) groups is 1. The second-order valence-corrected chi connectivity index (χ2v) is 9.14. The molecule has 1 N–H and O–H groups in total. The van der Waals surface area contributed by atoms with E-state index in [-0.39, 0.29) is 11.8 Å². The molecule has 176 valence electrons. The molecular formula is C27H23FN4O2S. The number of carbonyl (C=O) groups is 1. The van der Waals surface area contributed by atoms with Gasteiger partial charge in [0.05, 0.1) is 17.3 Å². The van der Waals surface area contributed by atoms with Gasteiger partial charge in [0, 0.05) is 16.2 Å². The van der Waals surface area contributed by atoms with Gasteiger partial charge in [-0.2, -0.15) is 4.98 Å². The number of allylic oxidation sites excluding steroid dienone is 1. The molecule has 1 unspecified atom stereocenters. The molecule has 1 atom stereocenters. The zero-order chi connectivity index (χ0) is 24.5. The Labute approximate surface area is 206 Å². The number of nitrogens with one attached hydrogen (secondary N) is 1. The molecule has 0 aliphatic carbocycles. The lowest BCUT2D eigenvalue weighted by Crippen LogP contribution is -2.46. The minimum Gasteiger partial charge on any atom is -0.334 e. The molecule has 1 aliphatic heterocycles. The summed E-state index contributed by atoms with van der Waals surface area (Å²) in [6.45, 7) is 3.85. The van der Waals surface area contributed by atoms with Crippen LogP contribution in [0.25, 0.3) is 17.0 Å². The fourth-order valence-corrected chi connectivity index (χ4v) is 4.67. The maximum atomic E-state index is 13.7. The summed E-state index contributed by atoms with van der Waals surface area (Å²) in [4.78, 5) is 20.6. The van der Waals surface area contributed by atoms with Crippen LogP contribution in [0.15, 0.2) is 87.9 Å². The predicted molar refractivity (Wildman–Crippen MR) is 135 cm³/mol. The first-order valence-corrected chi connectivity index (χ1v) is 12.3. The van der Waals surface area contributed by atoms with E-state index in [1.807, 2.05) is 68.6 Å². The molecule has 2 amide bonds. The van der Waals surface area contributed by atoms with E-state index in [2.05, 4.69) is 15.5 Å². The van der Waals surface area contributed by atoms with Gasteiger partial charge in [-0.05, 0) is 62.1 Å². The van der Waals surface area contributed by atoms with Gasteiger partial charge in [0.15, 0.2) is 0 Å². The quantitative estimate of drug-likeness (QED) is 0.322. The smallest absolute Gasteiger partial charge is 0.326 e. The monoisotopic (exact) mass is 486 g/mol. The first kappa shape index (κ1) is 22.9. The van der Waals surface area contributed by atoms with Crippen molar-refractivity contribution in [3.8, 4) is 11.4 Å². The molecule has 0 spiro atoms. The van der Waals surface area contributed by atoms with Gasteiger partial charge in [0.2, 0.25) is 5.82 Å². The van der Waals surface area contributed by atoms with Crippen LogP contribution in [-0.4, -0.2) is 22.4 Å². The highest BCUT2D eigenvalue weighted by atomic mass is 32.2. The van der Waals surface area contributed by atoms with Gasteiger partial charge in [-0.1, -0.05) is 47.1 Å². The van der Waals surface area contributed by atoms with Crippen molar-refractivity contribution < 1.29 is 13.7 Å². The molecule has 3 aromatic carbocycles. The predicted octanol–water partition coefficient (Wildman–Crippen LogP) is 6.61. The van der Waals surface area contributed by atoms with E-state index in [9.17, 15) is 9.18 Å². The number of carbonyl (C=O) groups excluding carboxylic acids is 1. The van der Waals surface area contributed by atoms with E-state index in [0.29, 0.717) is 28.5 Å². The highest BCUT2D eigenvalue weighted by molar-refractivity contribution is 7.98. The van der Waals surface area contributed by atoms with Crippen LogP contribution in [0.2, 0.25) is 0 Å². The Hall–Kier alpha value is -3.91. The first-order chi connectivity index (χ1) is 16.9. The van der Waals surface area contributed by atoms with Crippen LogP contribution < -0.4 is 10.2 Å². The Balaban J connectivity index is 1.66. The number of aromatic nitrogens is 2. The topological polar surface area (TPSA) is 71.3 Å². The fourth-order valence-electron chi connectivity index (χ4n) is 4.22. The number of amides is 2. The number of aryl methyl sites for hydroxylation is 1. The molecule has 0 bridgehead atoms. The highest BCUT2D eigenvalue weighted by Crippen LogP contribution is 2.39. The summed E-state index contributed by atoms with van der Waals surface area (Å²) in [5, 5.41) is 7.26. The van der Waals surface area contributed by atoms with Crippen molar-refractivity contribution in [1.29, 1.82) is 0 Å². The summed E-state index contributed by atoms with van der Waals surface area (Å²) in [6, 6.07) is 20.7. The maximum Gasteiger partial charge on any atom is 0.326 e. The average Bonchev–Trinajstić information content (AvgIpc) is 3.34. The van der Waals surface area contributed by atoms with Gasteiger partial charge in [0.25, 0.3) is 5.89 Å². The largest absolute Gasteiger partial charge is 0.334 e. The van der Waals surface area contributed by atoms with Crippen LogP contribution in [0, 0.1) is 12.7 Å². The van der Waals surface area contributed by atoms with E-state index >= 15 is 0 Å². The molecule has 4 aromatic rings. The number of urea groups is 1. The van der Waals surface area contributed by atoms with Crippen LogP contribution in [0.1, 0.15) is 30.0 Å². The zero-order valence-corrected chi connectivity index (χ0v) is 20.3. The molecule has 8 heteroatoms. The molecule has 1 aromatic heterocycles. The summed E-state index contributed by atoms with van der Waals surface area (Å²) in [7, 11) is 0. The number of hydrogen-bond donors (Lipinski definition) is 1. The number of nitrogens with zero attached hydrogens (tertiary/aromatic N) is 3. The van der Waals surface area contributed by atoms with Gasteiger partial charge >= 0.3 is 6.03 Å². The molecule has 0 fully saturated rings. The molecule has 35 heavy (non-hydrogen) atoms. The third kappa shape index (κ3) is 4.44. The fraction of sp³-hybridized carbons (Fsp3) is 0.148. The lowest BCUT2D eigenvalue weighted by molar-refractivity contribution is 0.244. The Kier molecular flexibility index (Phi) is 6.13. The summed E-state index contributed by atoms with van der Waals surface area (Å²) in [6.07, 6.45) is 1.99. The molecule has 0 radical (unpaired) electrons. The van der Waals surface area contributed by atoms with E-state index in [1.54, 1.807) is 28.8 Å². The second-order valence-electron chi connectivity index (χ2n) is 8.26. The Bertz CT molecular complexity index is 1430. The normalized spacial score (nSPS) is 15.9. The Morgan fingerprint density at radius 1 is 1.03 bits per heavy atom. The van der Waals surface area contributed by atoms with Crippen molar-refractivity contribution >= 4 is 29.1 Å². The van der Waals surface area contributed by atoms with Crippen molar-refractivity contribution in [2.45, 2.75) is 24.8 Å². The SMILES string of the molecule is CSc1cccc(N2C(=O)NC(c3ccc(F)cc3)C(c3nc(-c4cccc(C)c4)no3)=C2C)c1. The number of benzene rings is 3. The van der Waals surface area contributed by atoms with Gasteiger partial charge in [-0.25, -0.2) is 9.18 Å². The van der Waals surface area contributed by atoms with Crippen molar-refractivity contribution in [1.82, 2.24) is 15.5 Å². The van der Waals surface area contributed by atoms with Gasteiger partial charge in [-0.15, -0.1) is 11.8 Å². The number of halogens is 1. The lowest BCUT2D eigenvalue weighted by atomic mass is 9.94. The van der Waals surface area contributed by atoms with Crippen LogP contribution in [0.4, 0.5) is 14.9 Å². The van der Waals surface area contributed by atoms with Gasteiger partial charge < -0.3 is 9.84 Å². The minimum atomic E-state index is -0.589. The van der Waals surface area contributed by atoms with Crippen LogP contribution in [0.5, 0.6) is 0 Å². The minimum absolute atomic E-state index is 0.291. The lowest BCUT2D eigenvalue weighted by Gasteiger charge is -2.35. The van der Waals surface area contributed by atoms with Crippen molar-refractivity contribution in [3.05, 3.63) is 101 Å². The van der Waals surface area contributed by atoms with E-state index in [4.69, 9.17) is 4.52 Å². The van der Waals surface area contributed by atoms with Gasteiger partial charge in [-0.3, -0.25) is 4.90 Å². The summed E-state index contributed by atoms with van der Waals surface area (Å²) in [5.74, 6) is 0.391. The van der Waals surface area contributed by atoms with E-state index in [0.717, 1.165) is 21.7 Å². The second kappa shape index (κ2) is 9.38. The number of hydrogen-bond acceptors (Lipinski definition) is 5. The molecule has 6 nitrogen and oxygen atoms in total. The first-order valence-electron chi connectivity index (χ1n) is 11.1.